The summed E-state index contributed by atoms with van der Waals surface area (Å²) in [7, 11) is 0. The molecule has 0 saturated heterocycles. The number of rotatable bonds is 2. The number of hydrogen-bond acceptors (Lipinski definition) is 1. The van der Waals surface area contributed by atoms with Gasteiger partial charge in [-0.05, 0) is 50.5 Å². The third-order valence-electron chi connectivity index (χ3n) is 3.02. The lowest BCUT2D eigenvalue weighted by molar-refractivity contribution is 0.497. The van der Waals surface area contributed by atoms with Crippen LogP contribution in [-0.2, 0) is 0 Å². The first-order valence-electron chi connectivity index (χ1n) is 5.73. The van der Waals surface area contributed by atoms with Crippen molar-refractivity contribution in [1.82, 2.24) is 0 Å². The summed E-state index contributed by atoms with van der Waals surface area (Å²) < 4.78 is 7.48. The van der Waals surface area contributed by atoms with E-state index in [2.05, 4.69) is 78.1 Å². The van der Waals surface area contributed by atoms with E-state index in [9.17, 15) is 0 Å². The van der Waals surface area contributed by atoms with Crippen molar-refractivity contribution in [2.24, 2.45) is 0 Å². The van der Waals surface area contributed by atoms with E-state index in [1.165, 1.54) is 16.3 Å². The lowest BCUT2D eigenvalue weighted by Crippen LogP contribution is -1.92. The zero-order chi connectivity index (χ0) is 13.4. The van der Waals surface area contributed by atoms with E-state index >= 15 is 0 Å². The third-order valence-corrected chi connectivity index (χ3v) is 5.08. The molecule has 0 amide bonds. The molecule has 0 radical (unpaired) electrons. The maximum atomic E-state index is 5.64. The van der Waals surface area contributed by atoms with Crippen molar-refractivity contribution in [3.05, 3.63) is 69.0 Å². The van der Waals surface area contributed by atoms with Crippen LogP contribution in [0.5, 0.6) is 0 Å². The smallest absolute Gasteiger partial charge is 0.169 e. The number of furan rings is 1. The molecule has 1 aromatic heterocycles. The van der Waals surface area contributed by atoms with Crippen LogP contribution in [0.4, 0.5) is 0 Å². The minimum absolute atomic E-state index is 0.0387. The number of alkyl halides is 1. The highest BCUT2D eigenvalue weighted by molar-refractivity contribution is 9.11. The molecule has 1 unspecified atom stereocenters. The van der Waals surface area contributed by atoms with Gasteiger partial charge in [0.05, 0.1) is 4.83 Å². The van der Waals surface area contributed by atoms with Gasteiger partial charge in [-0.2, -0.15) is 0 Å². The Kier molecular flexibility index (Phi) is 3.83. The minimum Gasteiger partial charge on any atom is -0.453 e. The molecule has 1 atom stereocenters. The van der Waals surface area contributed by atoms with Gasteiger partial charge in [-0.1, -0.05) is 62.2 Å². The van der Waals surface area contributed by atoms with Gasteiger partial charge in [0.15, 0.2) is 4.67 Å². The summed E-state index contributed by atoms with van der Waals surface area (Å²) in [6, 6.07) is 16.4. The highest BCUT2D eigenvalue weighted by atomic mass is 79.9. The van der Waals surface area contributed by atoms with Gasteiger partial charge in [-0.15, -0.1) is 0 Å². The molecule has 1 heterocycles. The quantitative estimate of drug-likeness (QED) is 0.414. The number of halogens is 3. The standard InChI is InChI=1S/C15H9Br3O/c16-12-6-5-11(9-3-1-2-4-10(9)12)15(18)13-7-8-14(17)19-13/h1-8,15H. The van der Waals surface area contributed by atoms with Crippen molar-refractivity contribution in [3.63, 3.8) is 0 Å². The summed E-state index contributed by atoms with van der Waals surface area (Å²) in [6.07, 6.45) is 0. The molecule has 1 nitrogen and oxygen atoms in total. The lowest BCUT2D eigenvalue weighted by Gasteiger charge is -2.12. The number of benzene rings is 2. The van der Waals surface area contributed by atoms with E-state index in [-0.39, 0.29) is 4.83 Å². The largest absolute Gasteiger partial charge is 0.453 e. The predicted octanol–water partition coefficient (Wildman–Crippen LogP) is 6.44. The Labute approximate surface area is 136 Å². The SMILES string of the molecule is Brc1ccc(C(Br)c2ccc(Br)c3ccccc23)o1. The highest BCUT2D eigenvalue weighted by Gasteiger charge is 2.17. The fourth-order valence-electron chi connectivity index (χ4n) is 2.12. The second-order valence-electron chi connectivity index (χ2n) is 4.19. The molecule has 19 heavy (non-hydrogen) atoms. The van der Waals surface area contributed by atoms with E-state index in [0.29, 0.717) is 0 Å². The van der Waals surface area contributed by atoms with Crippen LogP contribution < -0.4 is 0 Å². The Morgan fingerprint density at radius 3 is 2.26 bits per heavy atom. The lowest BCUT2D eigenvalue weighted by atomic mass is 10.0. The van der Waals surface area contributed by atoms with Crippen LogP contribution in [0.2, 0.25) is 0 Å². The maximum absolute atomic E-state index is 5.64. The minimum atomic E-state index is 0.0387. The Morgan fingerprint density at radius 1 is 0.842 bits per heavy atom. The van der Waals surface area contributed by atoms with Crippen LogP contribution in [0, 0.1) is 0 Å². The zero-order valence-corrected chi connectivity index (χ0v) is 14.5. The van der Waals surface area contributed by atoms with Crippen molar-refractivity contribution < 1.29 is 4.42 Å². The third kappa shape index (κ3) is 2.54. The van der Waals surface area contributed by atoms with E-state index in [1.54, 1.807) is 0 Å². The van der Waals surface area contributed by atoms with Crippen molar-refractivity contribution in [1.29, 1.82) is 0 Å². The fourth-order valence-corrected chi connectivity index (χ4v) is 3.57. The molecule has 96 valence electrons. The summed E-state index contributed by atoms with van der Waals surface area (Å²) in [4.78, 5) is 0.0387. The second kappa shape index (κ2) is 5.43. The van der Waals surface area contributed by atoms with Crippen LogP contribution in [0.1, 0.15) is 16.2 Å². The normalized spacial score (nSPS) is 12.8. The van der Waals surface area contributed by atoms with E-state index in [4.69, 9.17) is 4.42 Å². The first-order chi connectivity index (χ1) is 9.16. The predicted molar refractivity (Wildman–Crippen MR) is 88.8 cm³/mol. The van der Waals surface area contributed by atoms with Crippen molar-refractivity contribution in [3.8, 4) is 0 Å². The Bertz CT molecular complexity index is 733. The second-order valence-corrected chi connectivity index (χ2v) is 6.74. The average Bonchev–Trinajstić information content (AvgIpc) is 2.86. The molecule has 0 saturated carbocycles. The van der Waals surface area contributed by atoms with Gasteiger partial charge in [-0.25, -0.2) is 0 Å². The molecule has 4 heteroatoms. The van der Waals surface area contributed by atoms with Gasteiger partial charge < -0.3 is 4.42 Å². The summed E-state index contributed by atoms with van der Waals surface area (Å²) >= 11 is 10.7. The summed E-state index contributed by atoms with van der Waals surface area (Å²) in [6.45, 7) is 0. The van der Waals surface area contributed by atoms with Crippen molar-refractivity contribution >= 4 is 58.6 Å². The molecule has 2 aromatic carbocycles. The molecule has 0 aliphatic heterocycles. The molecule has 0 aliphatic rings. The first kappa shape index (κ1) is 13.4. The first-order valence-corrected chi connectivity index (χ1v) is 8.23. The van der Waals surface area contributed by atoms with Crippen LogP contribution in [-0.4, -0.2) is 0 Å². The average molecular weight is 445 g/mol. The molecular weight excluding hydrogens is 436 g/mol. The van der Waals surface area contributed by atoms with Gasteiger partial charge in [0.2, 0.25) is 0 Å². The molecular formula is C15H9Br3O. The molecule has 3 aromatic rings. The number of hydrogen-bond donors (Lipinski definition) is 0. The van der Waals surface area contributed by atoms with Gasteiger partial charge in [0.1, 0.15) is 5.76 Å². The topological polar surface area (TPSA) is 13.1 Å². The zero-order valence-electron chi connectivity index (χ0n) is 9.74. The molecule has 0 bridgehead atoms. The van der Waals surface area contributed by atoms with Gasteiger partial charge in [0, 0.05) is 4.47 Å². The molecule has 0 N–H and O–H groups in total. The molecule has 0 fully saturated rings. The number of fused-ring (bicyclic) bond motifs is 1. The van der Waals surface area contributed by atoms with Gasteiger partial charge in [0.25, 0.3) is 0 Å². The molecule has 0 spiro atoms. The van der Waals surface area contributed by atoms with E-state index in [0.717, 1.165) is 14.9 Å². The Morgan fingerprint density at radius 2 is 1.58 bits per heavy atom. The maximum Gasteiger partial charge on any atom is 0.169 e. The summed E-state index contributed by atoms with van der Waals surface area (Å²) in [5.74, 6) is 0.888. The van der Waals surface area contributed by atoms with E-state index < -0.39 is 0 Å². The van der Waals surface area contributed by atoms with Crippen LogP contribution in [0.25, 0.3) is 10.8 Å². The fraction of sp³-hybridized carbons (Fsp3) is 0.0667. The van der Waals surface area contributed by atoms with Gasteiger partial charge in [-0.3, -0.25) is 0 Å². The van der Waals surface area contributed by atoms with Crippen molar-refractivity contribution in [2.45, 2.75) is 4.83 Å². The Hall–Kier alpha value is -0.580. The van der Waals surface area contributed by atoms with Gasteiger partial charge >= 0.3 is 0 Å². The summed E-state index contributed by atoms with van der Waals surface area (Å²) in [5.41, 5.74) is 1.20. The molecule has 0 aliphatic carbocycles. The van der Waals surface area contributed by atoms with Crippen LogP contribution in [0.3, 0.4) is 0 Å². The van der Waals surface area contributed by atoms with Crippen LogP contribution >= 0.6 is 47.8 Å². The highest BCUT2D eigenvalue weighted by Crippen LogP contribution is 2.38. The summed E-state index contributed by atoms with van der Waals surface area (Å²) in [5, 5.41) is 2.42. The van der Waals surface area contributed by atoms with E-state index in [1.807, 2.05) is 18.2 Å². The van der Waals surface area contributed by atoms with Crippen LogP contribution in [0.15, 0.2) is 62.1 Å². The van der Waals surface area contributed by atoms with Crippen molar-refractivity contribution in [2.75, 3.05) is 0 Å². The Balaban J connectivity index is 2.18. The molecule has 3 rings (SSSR count). The monoisotopic (exact) mass is 442 g/mol.